The highest BCUT2D eigenvalue weighted by Gasteiger charge is 2.32. The molecule has 2 aromatic rings. The van der Waals surface area contributed by atoms with Crippen molar-refractivity contribution >= 4 is 11.6 Å². The summed E-state index contributed by atoms with van der Waals surface area (Å²) in [5.41, 5.74) is 7.97. The number of anilines is 1. The van der Waals surface area contributed by atoms with E-state index in [1.807, 2.05) is 31.2 Å². The number of rotatable bonds is 6. The second-order valence-corrected chi connectivity index (χ2v) is 7.51. The van der Waals surface area contributed by atoms with Gasteiger partial charge in [-0.3, -0.25) is 9.59 Å². The minimum absolute atomic E-state index is 0.0109. The lowest BCUT2D eigenvalue weighted by Gasteiger charge is -2.35. The SMILES string of the molecule is CCc1cc(=O)[nH]c(-c2cccc(NC(=O)CC3(CN)CCCCC3)c2)n1. The monoisotopic (exact) mass is 368 g/mol. The Bertz CT molecular complexity index is 853. The number of H-pyrrole nitrogens is 1. The molecule has 4 N–H and O–H groups in total. The van der Waals surface area contributed by atoms with Gasteiger partial charge in [-0.25, -0.2) is 4.98 Å². The summed E-state index contributed by atoms with van der Waals surface area (Å²) in [6.07, 6.45) is 6.70. The lowest BCUT2D eigenvalue weighted by atomic mass is 9.71. The summed E-state index contributed by atoms with van der Waals surface area (Å²) in [5, 5.41) is 2.99. The number of carbonyl (C=O) groups is 1. The summed E-state index contributed by atoms with van der Waals surface area (Å²) in [6, 6.07) is 8.91. The molecule has 27 heavy (non-hydrogen) atoms. The van der Waals surface area contributed by atoms with Gasteiger partial charge in [0.25, 0.3) is 5.56 Å². The maximum Gasteiger partial charge on any atom is 0.251 e. The van der Waals surface area contributed by atoms with Gasteiger partial charge >= 0.3 is 0 Å². The smallest absolute Gasteiger partial charge is 0.251 e. The molecule has 144 valence electrons. The zero-order valence-electron chi connectivity index (χ0n) is 15.9. The van der Waals surface area contributed by atoms with Crippen LogP contribution in [0.4, 0.5) is 5.69 Å². The van der Waals surface area contributed by atoms with Crippen LogP contribution in [0.2, 0.25) is 0 Å². The van der Waals surface area contributed by atoms with Crippen molar-refractivity contribution < 1.29 is 4.79 Å². The fourth-order valence-electron chi connectivity index (χ4n) is 3.87. The maximum absolute atomic E-state index is 12.6. The first-order valence-electron chi connectivity index (χ1n) is 9.74. The molecule has 0 saturated heterocycles. The summed E-state index contributed by atoms with van der Waals surface area (Å²) in [6.45, 7) is 2.51. The van der Waals surface area contributed by atoms with E-state index >= 15 is 0 Å². The van der Waals surface area contributed by atoms with Crippen molar-refractivity contribution in [3.8, 4) is 11.4 Å². The molecule has 6 heteroatoms. The normalized spacial score (nSPS) is 16.1. The van der Waals surface area contributed by atoms with E-state index < -0.39 is 0 Å². The van der Waals surface area contributed by atoms with Gasteiger partial charge in [0.1, 0.15) is 5.82 Å². The van der Waals surface area contributed by atoms with Crippen LogP contribution in [0.15, 0.2) is 35.1 Å². The Morgan fingerprint density at radius 2 is 2.04 bits per heavy atom. The largest absolute Gasteiger partial charge is 0.330 e. The minimum Gasteiger partial charge on any atom is -0.330 e. The van der Waals surface area contributed by atoms with E-state index in [4.69, 9.17) is 5.73 Å². The summed E-state index contributed by atoms with van der Waals surface area (Å²) >= 11 is 0. The van der Waals surface area contributed by atoms with Crippen molar-refractivity contribution in [2.75, 3.05) is 11.9 Å². The third-order valence-electron chi connectivity index (χ3n) is 5.46. The molecule has 3 rings (SSSR count). The second kappa shape index (κ2) is 8.48. The molecule has 0 unspecified atom stereocenters. The number of carbonyl (C=O) groups excluding carboxylic acids is 1. The van der Waals surface area contributed by atoms with Crippen LogP contribution in [0, 0.1) is 5.41 Å². The number of nitrogens with one attached hydrogen (secondary N) is 2. The van der Waals surface area contributed by atoms with E-state index in [1.165, 1.54) is 12.5 Å². The minimum atomic E-state index is -0.173. The van der Waals surface area contributed by atoms with Crippen molar-refractivity contribution in [1.29, 1.82) is 0 Å². The van der Waals surface area contributed by atoms with Crippen LogP contribution >= 0.6 is 0 Å². The van der Waals surface area contributed by atoms with Gasteiger partial charge in [-0.2, -0.15) is 0 Å². The van der Waals surface area contributed by atoms with Gasteiger partial charge in [0.05, 0.1) is 0 Å². The Labute approximate surface area is 159 Å². The molecule has 6 nitrogen and oxygen atoms in total. The van der Waals surface area contributed by atoms with E-state index in [0.717, 1.165) is 36.9 Å². The van der Waals surface area contributed by atoms with E-state index in [1.54, 1.807) is 0 Å². The van der Waals surface area contributed by atoms with Gasteiger partial charge in [-0.05, 0) is 43.4 Å². The number of amides is 1. The molecule has 1 aliphatic rings. The highest BCUT2D eigenvalue weighted by atomic mass is 16.1. The van der Waals surface area contributed by atoms with Crippen molar-refractivity contribution in [2.45, 2.75) is 51.9 Å². The predicted molar refractivity (Wildman–Crippen MR) is 107 cm³/mol. The fourth-order valence-corrected chi connectivity index (χ4v) is 3.87. The van der Waals surface area contributed by atoms with Gasteiger partial charge in [0.15, 0.2) is 0 Å². The van der Waals surface area contributed by atoms with Gasteiger partial charge in [0, 0.05) is 29.4 Å². The first-order valence-corrected chi connectivity index (χ1v) is 9.74. The Balaban J connectivity index is 1.75. The van der Waals surface area contributed by atoms with Crippen LogP contribution in [-0.2, 0) is 11.2 Å². The Hall–Kier alpha value is -2.47. The molecule has 0 aliphatic heterocycles. The molecule has 0 atom stereocenters. The van der Waals surface area contributed by atoms with Crippen LogP contribution in [0.25, 0.3) is 11.4 Å². The molecule has 1 fully saturated rings. The molecular formula is C21H28N4O2. The van der Waals surface area contributed by atoms with Crippen molar-refractivity contribution in [1.82, 2.24) is 9.97 Å². The maximum atomic E-state index is 12.6. The zero-order valence-corrected chi connectivity index (χ0v) is 15.9. The fraction of sp³-hybridized carbons (Fsp3) is 0.476. The number of nitrogens with two attached hydrogens (primary N) is 1. The molecule has 1 heterocycles. The van der Waals surface area contributed by atoms with E-state index in [9.17, 15) is 9.59 Å². The second-order valence-electron chi connectivity index (χ2n) is 7.51. The number of aromatic amines is 1. The van der Waals surface area contributed by atoms with Crippen molar-refractivity contribution in [2.24, 2.45) is 11.1 Å². The molecular weight excluding hydrogens is 340 g/mol. The van der Waals surface area contributed by atoms with Crippen LogP contribution < -0.4 is 16.6 Å². The average Bonchev–Trinajstić information content (AvgIpc) is 2.68. The molecule has 1 aromatic carbocycles. The van der Waals surface area contributed by atoms with E-state index in [-0.39, 0.29) is 16.9 Å². The summed E-state index contributed by atoms with van der Waals surface area (Å²) < 4.78 is 0. The lowest BCUT2D eigenvalue weighted by molar-refractivity contribution is -0.118. The Morgan fingerprint density at radius 1 is 1.26 bits per heavy atom. The predicted octanol–water partition coefficient (Wildman–Crippen LogP) is 3.24. The standard InChI is InChI=1S/C21H28N4O2/c1-2-16-12-18(26)25-20(24-16)15-7-6-8-17(11-15)23-19(27)13-21(14-22)9-4-3-5-10-21/h6-8,11-12H,2-5,9-10,13-14,22H2,1H3,(H,23,27)(H,24,25,26). The van der Waals surface area contributed by atoms with Crippen molar-refractivity contribution in [3.05, 3.63) is 46.4 Å². The number of nitrogens with zero attached hydrogens (tertiary/aromatic N) is 1. The number of aryl methyl sites for hydroxylation is 1. The first-order chi connectivity index (χ1) is 13.0. The van der Waals surface area contributed by atoms with Crippen molar-refractivity contribution in [3.63, 3.8) is 0 Å². The number of hydrogen-bond donors (Lipinski definition) is 3. The van der Waals surface area contributed by atoms with Crippen LogP contribution in [0.3, 0.4) is 0 Å². The number of benzene rings is 1. The number of hydrogen-bond acceptors (Lipinski definition) is 4. The molecule has 0 spiro atoms. The van der Waals surface area contributed by atoms with Crippen LogP contribution in [0.1, 0.15) is 51.1 Å². The van der Waals surface area contributed by atoms with E-state index in [0.29, 0.717) is 30.9 Å². The van der Waals surface area contributed by atoms with Gasteiger partial charge in [-0.15, -0.1) is 0 Å². The zero-order chi connectivity index (χ0) is 19.3. The Morgan fingerprint density at radius 3 is 2.74 bits per heavy atom. The third kappa shape index (κ3) is 4.83. The molecule has 0 radical (unpaired) electrons. The molecule has 1 amide bonds. The van der Waals surface area contributed by atoms with Gasteiger partial charge in [-0.1, -0.05) is 38.3 Å². The quantitative estimate of drug-likeness (QED) is 0.728. The number of aromatic nitrogens is 2. The van der Waals surface area contributed by atoms with Gasteiger partial charge in [0.2, 0.25) is 5.91 Å². The topological polar surface area (TPSA) is 101 Å². The van der Waals surface area contributed by atoms with Crippen LogP contribution in [-0.4, -0.2) is 22.4 Å². The molecule has 1 aromatic heterocycles. The van der Waals surface area contributed by atoms with Gasteiger partial charge < -0.3 is 16.0 Å². The molecule has 0 bridgehead atoms. The first kappa shape index (κ1) is 19.3. The highest BCUT2D eigenvalue weighted by molar-refractivity contribution is 5.91. The highest BCUT2D eigenvalue weighted by Crippen LogP contribution is 2.38. The lowest BCUT2D eigenvalue weighted by Crippen LogP contribution is -2.36. The van der Waals surface area contributed by atoms with Crippen LogP contribution in [0.5, 0.6) is 0 Å². The molecule has 1 aliphatic carbocycles. The summed E-state index contributed by atoms with van der Waals surface area (Å²) in [7, 11) is 0. The summed E-state index contributed by atoms with van der Waals surface area (Å²) in [4.78, 5) is 31.7. The molecule has 1 saturated carbocycles. The summed E-state index contributed by atoms with van der Waals surface area (Å²) in [5.74, 6) is 0.504. The average molecular weight is 368 g/mol. The third-order valence-corrected chi connectivity index (χ3v) is 5.46. The Kier molecular flexibility index (Phi) is 6.06. The van der Waals surface area contributed by atoms with E-state index in [2.05, 4.69) is 15.3 Å².